The standard InChI is InChI=1S/C23H30O2/c1-17-14-15-21(22(2,3)18-10-6-5-7-11-18)23(24,16-17)19-12-8-9-13-20(19)25-4/h5-13,17,21,24H,14-16H2,1-4H3. The van der Waals surface area contributed by atoms with Gasteiger partial charge in [-0.3, -0.25) is 0 Å². The maximum absolute atomic E-state index is 12.0. The zero-order chi connectivity index (χ0) is 18.1. The fraction of sp³-hybridized carbons (Fsp3) is 0.478. The van der Waals surface area contributed by atoms with Crippen LogP contribution in [0.4, 0.5) is 0 Å². The van der Waals surface area contributed by atoms with E-state index < -0.39 is 5.60 Å². The minimum atomic E-state index is -0.885. The Morgan fingerprint density at radius 3 is 2.32 bits per heavy atom. The van der Waals surface area contributed by atoms with Gasteiger partial charge >= 0.3 is 0 Å². The number of para-hydroxylation sites is 1. The quantitative estimate of drug-likeness (QED) is 0.820. The molecule has 2 heteroatoms. The number of rotatable bonds is 4. The van der Waals surface area contributed by atoms with Crippen molar-refractivity contribution in [2.75, 3.05) is 7.11 Å². The highest BCUT2D eigenvalue weighted by atomic mass is 16.5. The minimum Gasteiger partial charge on any atom is -0.496 e. The Bertz CT molecular complexity index is 707. The molecular weight excluding hydrogens is 308 g/mol. The summed E-state index contributed by atoms with van der Waals surface area (Å²) in [5.74, 6) is 1.42. The zero-order valence-corrected chi connectivity index (χ0v) is 15.8. The fourth-order valence-electron chi connectivity index (χ4n) is 4.79. The van der Waals surface area contributed by atoms with E-state index in [1.807, 2.05) is 24.3 Å². The maximum atomic E-state index is 12.0. The van der Waals surface area contributed by atoms with Crippen molar-refractivity contribution in [2.24, 2.45) is 11.8 Å². The molecule has 3 atom stereocenters. The van der Waals surface area contributed by atoms with Crippen molar-refractivity contribution in [1.29, 1.82) is 0 Å². The molecule has 134 valence electrons. The van der Waals surface area contributed by atoms with Gasteiger partial charge in [0, 0.05) is 11.5 Å². The van der Waals surface area contributed by atoms with Gasteiger partial charge in [-0.1, -0.05) is 75.7 Å². The van der Waals surface area contributed by atoms with E-state index in [0.717, 1.165) is 30.6 Å². The number of methoxy groups -OCH3 is 1. The van der Waals surface area contributed by atoms with E-state index >= 15 is 0 Å². The van der Waals surface area contributed by atoms with Crippen LogP contribution in [-0.4, -0.2) is 12.2 Å². The molecule has 0 radical (unpaired) electrons. The smallest absolute Gasteiger partial charge is 0.124 e. The molecule has 0 heterocycles. The summed E-state index contributed by atoms with van der Waals surface area (Å²) in [6.07, 6.45) is 2.93. The topological polar surface area (TPSA) is 29.5 Å². The summed E-state index contributed by atoms with van der Waals surface area (Å²) >= 11 is 0. The van der Waals surface area contributed by atoms with Crippen LogP contribution in [0.15, 0.2) is 54.6 Å². The molecule has 0 amide bonds. The van der Waals surface area contributed by atoms with E-state index in [2.05, 4.69) is 51.1 Å². The first kappa shape index (κ1) is 18.0. The number of hydrogen-bond acceptors (Lipinski definition) is 2. The van der Waals surface area contributed by atoms with Crippen LogP contribution in [0.2, 0.25) is 0 Å². The van der Waals surface area contributed by atoms with Gasteiger partial charge in [0.1, 0.15) is 5.75 Å². The molecule has 0 spiro atoms. The molecule has 0 aromatic heterocycles. The molecular formula is C23H30O2. The van der Waals surface area contributed by atoms with Crippen LogP contribution in [0.3, 0.4) is 0 Å². The molecule has 25 heavy (non-hydrogen) atoms. The average Bonchev–Trinajstić information content (AvgIpc) is 2.62. The summed E-state index contributed by atoms with van der Waals surface area (Å²) in [4.78, 5) is 0. The summed E-state index contributed by atoms with van der Waals surface area (Å²) in [5.41, 5.74) is 1.20. The monoisotopic (exact) mass is 338 g/mol. The normalized spacial score (nSPS) is 27.1. The Morgan fingerprint density at radius 1 is 1.00 bits per heavy atom. The highest BCUT2D eigenvalue weighted by Crippen LogP contribution is 2.53. The predicted molar refractivity (Wildman–Crippen MR) is 103 cm³/mol. The van der Waals surface area contributed by atoms with E-state index in [4.69, 9.17) is 4.74 Å². The van der Waals surface area contributed by atoms with E-state index in [1.54, 1.807) is 7.11 Å². The van der Waals surface area contributed by atoms with Crippen molar-refractivity contribution in [3.8, 4) is 5.75 Å². The summed E-state index contributed by atoms with van der Waals surface area (Å²) < 4.78 is 5.61. The van der Waals surface area contributed by atoms with E-state index in [9.17, 15) is 5.11 Å². The van der Waals surface area contributed by atoms with E-state index in [0.29, 0.717) is 5.92 Å². The largest absolute Gasteiger partial charge is 0.496 e. The maximum Gasteiger partial charge on any atom is 0.124 e. The molecule has 1 saturated carbocycles. The van der Waals surface area contributed by atoms with Gasteiger partial charge in [-0.05, 0) is 35.8 Å². The zero-order valence-electron chi connectivity index (χ0n) is 15.8. The number of ether oxygens (including phenoxy) is 1. The van der Waals surface area contributed by atoms with Crippen LogP contribution in [0.1, 0.15) is 51.2 Å². The average molecular weight is 338 g/mol. The Balaban J connectivity index is 2.10. The molecule has 0 saturated heterocycles. The van der Waals surface area contributed by atoms with Gasteiger partial charge < -0.3 is 9.84 Å². The molecule has 1 fully saturated rings. The van der Waals surface area contributed by atoms with Crippen LogP contribution >= 0.6 is 0 Å². The van der Waals surface area contributed by atoms with Gasteiger partial charge in [0.2, 0.25) is 0 Å². The lowest BCUT2D eigenvalue weighted by Crippen LogP contribution is -2.49. The first-order valence-electron chi connectivity index (χ1n) is 9.31. The van der Waals surface area contributed by atoms with Crippen LogP contribution in [0.25, 0.3) is 0 Å². The second-order valence-electron chi connectivity index (χ2n) is 8.15. The van der Waals surface area contributed by atoms with Crippen LogP contribution in [0.5, 0.6) is 5.75 Å². The van der Waals surface area contributed by atoms with Crippen molar-refractivity contribution in [2.45, 2.75) is 51.0 Å². The van der Waals surface area contributed by atoms with Gasteiger partial charge in [0.25, 0.3) is 0 Å². The Hall–Kier alpha value is -1.80. The van der Waals surface area contributed by atoms with E-state index in [1.165, 1.54) is 5.56 Å². The van der Waals surface area contributed by atoms with Gasteiger partial charge in [0.15, 0.2) is 0 Å². The number of hydrogen-bond donors (Lipinski definition) is 1. The van der Waals surface area contributed by atoms with Gasteiger partial charge in [-0.15, -0.1) is 0 Å². The van der Waals surface area contributed by atoms with Crippen LogP contribution in [-0.2, 0) is 11.0 Å². The molecule has 2 aromatic carbocycles. The molecule has 1 N–H and O–H groups in total. The molecule has 0 aliphatic heterocycles. The molecule has 2 aromatic rings. The second kappa shape index (κ2) is 6.84. The lowest BCUT2D eigenvalue weighted by atomic mass is 9.57. The van der Waals surface area contributed by atoms with Crippen molar-refractivity contribution in [1.82, 2.24) is 0 Å². The minimum absolute atomic E-state index is 0.128. The van der Waals surface area contributed by atoms with Crippen LogP contribution < -0.4 is 4.74 Å². The van der Waals surface area contributed by atoms with Crippen molar-refractivity contribution in [3.05, 3.63) is 65.7 Å². The summed E-state index contributed by atoms with van der Waals surface area (Å²) in [7, 11) is 1.69. The summed E-state index contributed by atoms with van der Waals surface area (Å²) in [5, 5.41) is 12.0. The molecule has 0 bridgehead atoms. The van der Waals surface area contributed by atoms with Crippen LogP contribution in [0, 0.1) is 11.8 Å². The summed E-state index contributed by atoms with van der Waals surface area (Å²) in [6, 6.07) is 18.5. The molecule has 1 aliphatic carbocycles. The fourth-order valence-corrected chi connectivity index (χ4v) is 4.79. The Morgan fingerprint density at radius 2 is 1.64 bits per heavy atom. The Kier molecular flexibility index (Phi) is 4.92. The first-order valence-corrected chi connectivity index (χ1v) is 9.31. The van der Waals surface area contributed by atoms with Gasteiger partial charge in [0.05, 0.1) is 12.7 Å². The molecule has 2 nitrogen and oxygen atoms in total. The third-order valence-electron chi connectivity index (χ3n) is 6.15. The molecule has 3 rings (SSSR count). The Labute approximate surface area is 151 Å². The SMILES string of the molecule is COc1ccccc1C1(O)CC(C)CCC1C(C)(C)c1ccccc1. The third kappa shape index (κ3) is 3.20. The summed E-state index contributed by atoms with van der Waals surface area (Å²) in [6.45, 7) is 6.78. The lowest BCUT2D eigenvalue weighted by molar-refractivity contribution is -0.0961. The molecule has 1 aliphatic rings. The van der Waals surface area contributed by atoms with Crippen molar-refractivity contribution >= 4 is 0 Å². The van der Waals surface area contributed by atoms with Crippen molar-refractivity contribution < 1.29 is 9.84 Å². The predicted octanol–water partition coefficient (Wildman–Crippen LogP) is 5.30. The highest BCUT2D eigenvalue weighted by molar-refractivity contribution is 5.40. The first-order chi connectivity index (χ1) is 11.9. The second-order valence-corrected chi connectivity index (χ2v) is 8.15. The van der Waals surface area contributed by atoms with Crippen molar-refractivity contribution in [3.63, 3.8) is 0 Å². The highest BCUT2D eigenvalue weighted by Gasteiger charge is 2.50. The van der Waals surface area contributed by atoms with Gasteiger partial charge in [-0.25, -0.2) is 0 Å². The van der Waals surface area contributed by atoms with E-state index in [-0.39, 0.29) is 11.3 Å². The lowest BCUT2D eigenvalue weighted by Gasteiger charge is -2.50. The third-order valence-corrected chi connectivity index (χ3v) is 6.15. The molecule has 3 unspecified atom stereocenters. The number of benzene rings is 2. The van der Waals surface area contributed by atoms with Gasteiger partial charge in [-0.2, -0.15) is 0 Å². The number of aliphatic hydroxyl groups is 1.